The lowest BCUT2D eigenvalue weighted by Crippen LogP contribution is -2.15. The van der Waals surface area contributed by atoms with Gasteiger partial charge in [-0.1, -0.05) is 46.9 Å². The summed E-state index contributed by atoms with van der Waals surface area (Å²) in [5, 5.41) is 3.99. The van der Waals surface area contributed by atoms with Gasteiger partial charge in [-0.15, -0.1) is 0 Å². The quantitative estimate of drug-likeness (QED) is 0.398. The van der Waals surface area contributed by atoms with E-state index in [0.29, 0.717) is 11.3 Å². The third-order valence-electron chi connectivity index (χ3n) is 3.35. The molecule has 0 amide bonds. The van der Waals surface area contributed by atoms with Crippen LogP contribution in [0.25, 0.3) is 16.9 Å². The molecule has 0 aliphatic heterocycles. The molecule has 0 aliphatic carbocycles. The number of aromatic amines is 1. The van der Waals surface area contributed by atoms with E-state index < -0.39 is 5.97 Å². The summed E-state index contributed by atoms with van der Waals surface area (Å²) >= 11 is 2.30. The lowest BCUT2D eigenvalue weighted by molar-refractivity contribution is 0.0519. The Hall–Kier alpha value is -2.16. The van der Waals surface area contributed by atoms with Crippen LogP contribution in [0.5, 0.6) is 0 Å². The van der Waals surface area contributed by atoms with Crippen LogP contribution in [0.2, 0.25) is 0 Å². The molecule has 3 rings (SSSR count). The summed E-state index contributed by atoms with van der Waals surface area (Å²) in [7, 11) is 0. The van der Waals surface area contributed by atoms with Gasteiger partial charge in [0.25, 0.3) is 5.56 Å². The molecule has 2 aromatic heterocycles. The van der Waals surface area contributed by atoms with Crippen molar-refractivity contribution in [2.24, 2.45) is 0 Å². The fourth-order valence-corrected chi connectivity index (χ4v) is 2.74. The van der Waals surface area contributed by atoms with Gasteiger partial charge < -0.3 is 9.72 Å². The van der Waals surface area contributed by atoms with Gasteiger partial charge in [-0.3, -0.25) is 4.79 Å². The fourth-order valence-electron chi connectivity index (χ4n) is 2.23. The molecule has 0 fully saturated rings. The van der Waals surface area contributed by atoms with E-state index >= 15 is 0 Å². The molecule has 0 unspecified atom stereocenters. The number of carbonyl (C=O) groups is 1. The molecule has 3 aromatic rings. The van der Waals surface area contributed by atoms with E-state index in [1.165, 1.54) is 17.7 Å². The van der Waals surface area contributed by atoms with Gasteiger partial charge in [0.1, 0.15) is 5.65 Å². The van der Waals surface area contributed by atoms with Crippen LogP contribution in [0, 0.1) is 0 Å². The van der Waals surface area contributed by atoms with E-state index in [1.807, 2.05) is 24.3 Å². The first-order valence-electron chi connectivity index (χ1n) is 7.08. The third kappa shape index (κ3) is 3.14. The van der Waals surface area contributed by atoms with Gasteiger partial charge >= 0.3 is 5.97 Å². The Morgan fingerprint density at radius 3 is 2.70 bits per heavy atom. The minimum atomic E-state index is -0.544. The van der Waals surface area contributed by atoms with Crippen LogP contribution in [-0.4, -0.2) is 27.2 Å². The lowest BCUT2D eigenvalue weighted by Gasteiger charge is -2.03. The van der Waals surface area contributed by atoms with E-state index in [1.54, 1.807) is 6.92 Å². The molecule has 0 saturated carbocycles. The Balaban J connectivity index is 2.06. The first kappa shape index (κ1) is 15.7. The molecular weight excluding hydrogens is 409 g/mol. The molecule has 0 radical (unpaired) electrons. The molecule has 1 N–H and O–H groups in total. The predicted molar refractivity (Wildman–Crippen MR) is 94.9 cm³/mol. The first-order valence-corrected chi connectivity index (χ1v) is 8.60. The fraction of sp³-hybridized carbons (Fsp3) is 0.188. The van der Waals surface area contributed by atoms with Crippen molar-refractivity contribution in [3.05, 3.63) is 58.0 Å². The van der Waals surface area contributed by atoms with Crippen molar-refractivity contribution in [2.75, 3.05) is 6.61 Å². The number of ether oxygens (including phenoxy) is 1. The summed E-state index contributed by atoms with van der Waals surface area (Å²) in [5.74, 6) is -0.544. The summed E-state index contributed by atoms with van der Waals surface area (Å²) in [6, 6.07) is 10.9. The van der Waals surface area contributed by atoms with Gasteiger partial charge in [0, 0.05) is 16.6 Å². The number of aromatic nitrogens is 3. The van der Waals surface area contributed by atoms with Crippen LogP contribution in [0.4, 0.5) is 0 Å². The summed E-state index contributed by atoms with van der Waals surface area (Å²) in [6.07, 6.45) is 0. The molecule has 0 atom stereocenters. The molecule has 2 heterocycles. The number of rotatable bonds is 4. The molecule has 0 spiro atoms. The molecular formula is C16H14IN3O3. The maximum Gasteiger partial charge on any atom is 0.358 e. The summed E-state index contributed by atoms with van der Waals surface area (Å²) in [5.41, 5.74) is 3.05. The SMILES string of the molecule is CCOC(=O)c1cc2[nH]c(-c3ccc(CI)cc3)cc(=O)n2n1. The molecule has 118 valence electrons. The second kappa shape index (κ2) is 6.53. The molecule has 6 nitrogen and oxygen atoms in total. The van der Waals surface area contributed by atoms with Crippen LogP contribution >= 0.6 is 22.6 Å². The Bertz CT molecular complexity index is 912. The number of benzene rings is 1. The Morgan fingerprint density at radius 2 is 2.04 bits per heavy atom. The Morgan fingerprint density at radius 1 is 1.30 bits per heavy atom. The van der Waals surface area contributed by atoms with Crippen molar-refractivity contribution in [1.82, 2.24) is 14.6 Å². The second-order valence-electron chi connectivity index (χ2n) is 4.90. The molecule has 1 aromatic carbocycles. The van der Waals surface area contributed by atoms with Crippen LogP contribution < -0.4 is 5.56 Å². The van der Waals surface area contributed by atoms with Crippen LogP contribution in [-0.2, 0) is 9.16 Å². The number of hydrogen-bond acceptors (Lipinski definition) is 4. The minimum absolute atomic E-state index is 0.109. The van der Waals surface area contributed by atoms with Gasteiger partial charge in [0.05, 0.1) is 12.3 Å². The predicted octanol–water partition coefficient (Wildman–Crippen LogP) is 2.80. The average Bonchev–Trinajstić information content (AvgIpc) is 3.00. The number of halogens is 1. The molecule has 0 aliphatic rings. The van der Waals surface area contributed by atoms with Crippen molar-refractivity contribution >= 4 is 34.2 Å². The van der Waals surface area contributed by atoms with Crippen molar-refractivity contribution in [2.45, 2.75) is 11.4 Å². The number of esters is 1. The maximum absolute atomic E-state index is 12.2. The normalized spacial score (nSPS) is 10.9. The van der Waals surface area contributed by atoms with Crippen LogP contribution in [0.15, 0.2) is 41.2 Å². The number of H-pyrrole nitrogens is 1. The van der Waals surface area contributed by atoms with Gasteiger partial charge in [0.15, 0.2) is 5.69 Å². The Kier molecular flexibility index (Phi) is 4.46. The Labute approximate surface area is 145 Å². The van der Waals surface area contributed by atoms with E-state index in [4.69, 9.17) is 4.74 Å². The highest BCUT2D eigenvalue weighted by Crippen LogP contribution is 2.18. The number of hydrogen-bond donors (Lipinski definition) is 1. The minimum Gasteiger partial charge on any atom is -0.461 e. The number of nitrogens with one attached hydrogen (secondary N) is 1. The number of alkyl halides is 1. The molecule has 7 heteroatoms. The van der Waals surface area contributed by atoms with E-state index in [-0.39, 0.29) is 17.9 Å². The topological polar surface area (TPSA) is 76.5 Å². The summed E-state index contributed by atoms with van der Waals surface area (Å²) in [4.78, 5) is 27.1. The summed E-state index contributed by atoms with van der Waals surface area (Å²) in [6.45, 7) is 1.98. The average molecular weight is 423 g/mol. The van der Waals surface area contributed by atoms with Crippen molar-refractivity contribution in [3.63, 3.8) is 0 Å². The van der Waals surface area contributed by atoms with Crippen LogP contribution in [0.3, 0.4) is 0 Å². The van der Waals surface area contributed by atoms with Crippen LogP contribution in [0.1, 0.15) is 23.0 Å². The van der Waals surface area contributed by atoms with E-state index in [9.17, 15) is 9.59 Å². The molecule has 0 bridgehead atoms. The summed E-state index contributed by atoms with van der Waals surface area (Å²) < 4.78 is 7.00. The van der Waals surface area contributed by atoms with Gasteiger partial charge in [-0.25, -0.2) is 4.79 Å². The third-order valence-corrected chi connectivity index (χ3v) is 4.23. The standard InChI is InChI=1S/C16H14IN3O3/c1-2-23-16(22)13-7-14-18-12(8-15(21)20(14)19-13)11-5-3-10(9-17)4-6-11/h3-8,18H,2,9H2,1H3. The monoisotopic (exact) mass is 423 g/mol. The van der Waals surface area contributed by atoms with Crippen molar-refractivity contribution in [1.29, 1.82) is 0 Å². The highest BCUT2D eigenvalue weighted by molar-refractivity contribution is 14.1. The van der Waals surface area contributed by atoms with Crippen molar-refractivity contribution < 1.29 is 9.53 Å². The molecule has 0 saturated heterocycles. The van der Waals surface area contributed by atoms with E-state index in [2.05, 4.69) is 32.7 Å². The first-order chi connectivity index (χ1) is 11.1. The zero-order valence-corrected chi connectivity index (χ0v) is 14.5. The number of carbonyl (C=O) groups excluding carboxylic acids is 1. The lowest BCUT2D eigenvalue weighted by atomic mass is 10.1. The largest absolute Gasteiger partial charge is 0.461 e. The van der Waals surface area contributed by atoms with E-state index in [0.717, 1.165) is 14.5 Å². The zero-order chi connectivity index (χ0) is 16.4. The van der Waals surface area contributed by atoms with Gasteiger partial charge in [0.2, 0.25) is 0 Å². The maximum atomic E-state index is 12.2. The van der Waals surface area contributed by atoms with Gasteiger partial charge in [-0.05, 0) is 18.1 Å². The zero-order valence-electron chi connectivity index (χ0n) is 12.4. The smallest absolute Gasteiger partial charge is 0.358 e. The van der Waals surface area contributed by atoms with Gasteiger partial charge in [-0.2, -0.15) is 9.61 Å². The second-order valence-corrected chi connectivity index (χ2v) is 5.66. The molecule has 23 heavy (non-hydrogen) atoms. The number of fused-ring (bicyclic) bond motifs is 1. The highest BCUT2D eigenvalue weighted by atomic mass is 127. The highest BCUT2D eigenvalue weighted by Gasteiger charge is 2.14. The van der Waals surface area contributed by atoms with Crippen molar-refractivity contribution in [3.8, 4) is 11.3 Å². The number of nitrogens with zero attached hydrogens (tertiary/aromatic N) is 2.